The summed E-state index contributed by atoms with van der Waals surface area (Å²) in [5.41, 5.74) is 6.79. The fourth-order valence-corrected chi connectivity index (χ4v) is 7.31. The number of likely N-dealkylation sites (N-methyl/N-ethyl adjacent to an activating group) is 2. The number of hydrogen-bond donors (Lipinski definition) is 1. The molecule has 226 valence electrons. The molecule has 0 amide bonds. The Labute approximate surface area is 257 Å². The summed E-state index contributed by atoms with van der Waals surface area (Å²) in [6.45, 7) is 1.80. The lowest BCUT2D eigenvalue weighted by molar-refractivity contribution is 0.211. The minimum atomic E-state index is -0.0124. The summed E-state index contributed by atoms with van der Waals surface area (Å²) in [7, 11) is 7.68. The molecule has 4 aromatic carbocycles. The zero-order valence-corrected chi connectivity index (χ0v) is 25.5. The molecule has 4 aromatic rings. The van der Waals surface area contributed by atoms with E-state index in [0.717, 1.165) is 49.0 Å². The Morgan fingerprint density at radius 2 is 1.18 bits per heavy atom. The van der Waals surface area contributed by atoms with Crippen molar-refractivity contribution in [1.29, 1.82) is 0 Å². The first-order valence-electron chi connectivity index (χ1n) is 15.2. The van der Waals surface area contributed by atoms with Crippen LogP contribution in [0.25, 0.3) is 0 Å². The van der Waals surface area contributed by atoms with Gasteiger partial charge in [0.1, 0.15) is 5.75 Å². The number of phenols is 1. The monoisotopic (exact) mass is 592 g/mol. The highest BCUT2D eigenvalue weighted by Gasteiger charge is 2.40. The third-order valence-electron chi connectivity index (χ3n) is 9.73. The average molecular weight is 593 g/mol. The highest BCUT2D eigenvalue weighted by atomic mass is 16.6. The van der Waals surface area contributed by atoms with Gasteiger partial charge in [-0.1, -0.05) is 18.2 Å². The third kappa shape index (κ3) is 4.27. The Morgan fingerprint density at radius 3 is 1.73 bits per heavy atom. The van der Waals surface area contributed by atoms with E-state index in [1.165, 1.54) is 16.7 Å². The van der Waals surface area contributed by atoms with Gasteiger partial charge in [0.05, 0.1) is 14.2 Å². The highest BCUT2D eigenvalue weighted by Crippen LogP contribution is 2.60. The van der Waals surface area contributed by atoms with Crippen LogP contribution in [0, 0.1) is 0 Å². The number of hydrogen-bond acceptors (Lipinski definition) is 8. The average Bonchev–Trinajstić information content (AvgIpc) is 3.03. The van der Waals surface area contributed by atoms with Gasteiger partial charge in [-0.15, -0.1) is 0 Å². The van der Waals surface area contributed by atoms with E-state index in [2.05, 4.69) is 48.2 Å². The van der Waals surface area contributed by atoms with E-state index in [-0.39, 0.29) is 17.8 Å². The molecule has 8 nitrogen and oxygen atoms in total. The van der Waals surface area contributed by atoms with E-state index in [0.29, 0.717) is 52.4 Å². The first-order chi connectivity index (χ1) is 21.4. The zero-order valence-electron chi connectivity index (χ0n) is 25.5. The molecule has 0 aliphatic carbocycles. The first kappa shape index (κ1) is 27.2. The highest BCUT2D eigenvalue weighted by molar-refractivity contribution is 5.71. The standard InChI is InChI=1S/C36H36N2O6/c1-37-13-11-22-18-29(40-3)33-35-31(22)25(37)15-20-5-8-24(9-6-20)42-28-17-21(7-10-27(28)39)16-26-32-23(12-14-38(26)2)19-30(41-4)34(43-35)36(32)44-33/h5-10,17-19,25-26,39H,11-16H2,1-4H3. The van der Waals surface area contributed by atoms with Gasteiger partial charge < -0.3 is 28.8 Å². The number of nitrogens with zero attached hydrogens (tertiary/aromatic N) is 2. The summed E-state index contributed by atoms with van der Waals surface area (Å²) in [5, 5.41) is 10.7. The van der Waals surface area contributed by atoms with Crippen molar-refractivity contribution in [3.8, 4) is 51.7 Å². The van der Waals surface area contributed by atoms with Crippen molar-refractivity contribution in [1.82, 2.24) is 9.80 Å². The van der Waals surface area contributed by atoms with Gasteiger partial charge in [-0.25, -0.2) is 0 Å². The zero-order chi connectivity index (χ0) is 30.1. The minimum Gasteiger partial charge on any atom is -0.504 e. The molecule has 2 atom stereocenters. The summed E-state index contributed by atoms with van der Waals surface area (Å²) in [4.78, 5) is 4.74. The Hall–Kier alpha value is -4.40. The summed E-state index contributed by atoms with van der Waals surface area (Å²) in [5.74, 6) is 5.15. The van der Waals surface area contributed by atoms with Gasteiger partial charge in [-0.3, -0.25) is 9.80 Å². The van der Waals surface area contributed by atoms with Crippen LogP contribution in [0.2, 0.25) is 0 Å². The summed E-state index contributed by atoms with van der Waals surface area (Å²) in [6, 6.07) is 18.0. The molecule has 10 bridgehead atoms. The molecule has 6 aliphatic heterocycles. The minimum absolute atomic E-state index is 0.0124. The van der Waals surface area contributed by atoms with E-state index in [9.17, 15) is 5.11 Å². The molecule has 6 aliphatic rings. The number of benzene rings is 4. The normalized spacial score (nSPS) is 20.2. The maximum atomic E-state index is 10.7. The molecule has 0 fully saturated rings. The summed E-state index contributed by atoms with van der Waals surface area (Å²) < 4.78 is 32.1. The number of ether oxygens (including phenoxy) is 5. The van der Waals surface area contributed by atoms with Crippen molar-refractivity contribution in [2.24, 2.45) is 0 Å². The van der Waals surface area contributed by atoms with Crippen LogP contribution in [0.15, 0.2) is 54.6 Å². The van der Waals surface area contributed by atoms with E-state index in [1.54, 1.807) is 20.3 Å². The van der Waals surface area contributed by atoms with E-state index >= 15 is 0 Å². The molecule has 0 radical (unpaired) electrons. The Morgan fingerprint density at radius 1 is 0.659 bits per heavy atom. The second-order valence-electron chi connectivity index (χ2n) is 12.3. The van der Waals surface area contributed by atoms with E-state index < -0.39 is 0 Å². The molecule has 0 saturated heterocycles. The van der Waals surface area contributed by atoms with Crippen LogP contribution in [-0.4, -0.2) is 56.3 Å². The molecule has 2 unspecified atom stereocenters. The van der Waals surface area contributed by atoms with Crippen molar-refractivity contribution in [3.05, 3.63) is 88.0 Å². The SMILES string of the molecule is COc1cc2c3c4c1Oc1c(c(OC)cc5c1C(Cc1ccc(O)c(c1)Oc1ccc(cc1)CC3N(C)CC2)N(C)CC5)O4. The largest absolute Gasteiger partial charge is 0.504 e. The van der Waals surface area contributed by atoms with Crippen molar-refractivity contribution in [3.63, 3.8) is 0 Å². The van der Waals surface area contributed by atoms with Crippen LogP contribution in [0.1, 0.15) is 45.5 Å². The van der Waals surface area contributed by atoms with Gasteiger partial charge in [0.15, 0.2) is 34.5 Å². The maximum absolute atomic E-state index is 10.7. The van der Waals surface area contributed by atoms with Crippen molar-refractivity contribution >= 4 is 0 Å². The molecule has 44 heavy (non-hydrogen) atoms. The van der Waals surface area contributed by atoms with Crippen LogP contribution < -0.4 is 23.7 Å². The molecule has 0 aromatic heterocycles. The predicted octanol–water partition coefficient (Wildman–Crippen LogP) is 6.96. The molecule has 0 spiro atoms. The summed E-state index contributed by atoms with van der Waals surface area (Å²) in [6.07, 6.45) is 3.19. The quantitative estimate of drug-likeness (QED) is 0.236. The van der Waals surface area contributed by atoms with E-state index in [4.69, 9.17) is 23.7 Å². The predicted molar refractivity (Wildman–Crippen MR) is 166 cm³/mol. The van der Waals surface area contributed by atoms with Crippen molar-refractivity contribution < 1.29 is 28.8 Å². The van der Waals surface area contributed by atoms with Gasteiger partial charge in [0.2, 0.25) is 11.5 Å². The van der Waals surface area contributed by atoms with E-state index in [1.807, 2.05) is 24.3 Å². The number of methoxy groups -OCH3 is 2. The second kappa shape index (κ2) is 10.4. The smallest absolute Gasteiger partial charge is 0.212 e. The molecule has 6 heterocycles. The third-order valence-corrected chi connectivity index (χ3v) is 9.73. The molecule has 10 rings (SSSR count). The Balaban J connectivity index is 1.39. The van der Waals surface area contributed by atoms with Crippen LogP contribution in [0.5, 0.6) is 51.7 Å². The number of rotatable bonds is 2. The molecular weight excluding hydrogens is 556 g/mol. The number of phenolic OH excluding ortho intramolecular Hbond substituents is 1. The van der Waals surface area contributed by atoms with Gasteiger partial charge in [0, 0.05) is 36.3 Å². The lowest BCUT2D eigenvalue weighted by Crippen LogP contribution is -2.35. The fourth-order valence-electron chi connectivity index (χ4n) is 7.31. The van der Waals surface area contributed by atoms with Crippen LogP contribution >= 0.6 is 0 Å². The van der Waals surface area contributed by atoms with Gasteiger partial charge in [0.25, 0.3) is 0 Å². The van der Waals surface area contributed by atoms with Crippen LogP contribution in [0.3, 0.4) is 0 Å². The molecule has 1 N–H and O–H groups in total. The molecule has 8 heteroatoms. The second-order valence-corrected chi connectivity index (χ2v) is 12.3. The maximum Gasteiger partial charge on any atom is 0.212 e. The first-order valence-corrected chi connectivity index (χ1v) is 15.2. The van der Waals surface area contributed by atoms with Crippen molar-refractivity contribution in [2.45, 2.75) is 37.8 Å². The van der Waals surface area contributed by atoms with Gasteiger partial charge in [-0.05, 0) is 98.4 Å². The van der Waals surface area contributed by atoms with Crippen LogP contribution in [0.4, 0.5) is 0 Å². The lowest BCUT2D eigenvalue weighted by atomic mass is 9.86. The Kier molecular flexibility index (Phi) is 6.39. The number of aromatic hydroxyl groups is 1. The van der Waals surface area contributed by atoms with Gasteiger partial charge >= 0.3 is 0 Å². The lowest BCUT2D eigenvalue weighted by Gasteiger charge is -2.40. The summed E-state index contributed by atoms with van der Waals surface area (Å²) >= 11 is 0. The van der Waals surface area contributed by atoms with Crippen LogP contribution in [-0.2, 0) is 25.7 Å². The number of fused-ring (bicyclic) bond motifs is 1. The van der Waals surface area contributed by atoms with Crippen molar-refractivity contribution in [2.75, 3.05) is 41.4 Å². The molecular formula is C36H36N2O6. The van der Waals surface area contributed by atoms with Gasteiger partial charge in [-0.2, -0.15) is 0 Å². The topological polar surface area (TPSA) is 72.9 Å². The Bertz CT molecular complexity index is 1790. The fraction of sp³-hybridized carbons (Fsp3) is 0.333. The molecule has 0 saturated carbocycles.